The molecule has 0 bridgehead atoms. The smallest absolute Gasteiger partial charge is 0.371 e. The number of hydrogen-bond donors (Lipinski definition) is 1. The number of alkyl halides is 3. The molecule has 2 nitrogen and oxygen atoms in total. The molecule has 6 heteroatoms. The Morgan fingerprint density at radius 3 is 2.75 bits per heavy atom. The molecule has 0 saturated carbocycles. The number of nitrogens with one attached hydrogen (secondary N) is 1. The monoisotopic (exact) mass is 290 g/mol. The maximum atomic E-state index is 13.3. The number of nitrogens with zero attached hydrogens (tertiary/aromatic N) is 1. The molecule has 1 fully saturated rings. The summed E-state index contributed by atoms with van der Waals surface area (Å²) >= 11 is 0. The van der Waals surface area contributed by atoms with Crippen molar-refractivity contribution < 1.29 is 17.6 Å². The average molecular weight is 290 g/mol. The van der Waals surface area contributed by atoms with Gasteiger partial charge in [0.1, 0.15) is 5.82 Å². The lowest BCUT2D eigenvalue weighted by Crippen LogP contribution is -2.42. The van der Waals surface area contributed by atoms with Gasteiger partial charge in [0.05, 0.1) is 5.92 Å². The molecule has 0 aliphatic carbocycles. The third-order valence-corrected chi connectivity index (χ3v) is 3.63. The van der Waals surface area contributed by atoms with Gasteiger partial charge >= 0.3 is 6.18 Å². The fraction of sp³-hybridized carbons (Fsp3) is 0.571. The van der Waals surface area contributed by atoms with E-state index in [0.717, 1.165) is 0 Å². The van der Waals surface area contributed by atoms with Gasteiger partial charge in [-0.1, -0.05) is 0 Å². The average Bonchev–Trinajstić information content (AvgIpc) is 2.38. The fourth-order valence-corrected chi connectivity index (χ4v) is 2.66. The third-order valence-electron chi connectivity index (χ3n) is 3.63. The molecule has 1 atom stereocenters. The lowest BCUT2D eigenvalue weighted by atomic mass is 9.96. The van der Waals surface area contributed by atoms with Crippen molar-refractivity contribution in [3.8, 4) is 0 Å². The molecule has 1 aromatic rings. The molecular weight excluding hydrogens is 272 g/mol. The van der Waals surface area contributed by atoms with Gasteiger partial charge in [-0.25, -0.2) is 4.39 Å². The van der Waals surface area contributed by atoms with Gasteiger partial charge in [-0.15, -0.1) is 0 Å². The van der Waals surface area contributed by atoms with Gasteiger partial charge in [-0.05, 0) is 43.7 Å². The SMILES string of the molecule is CNCc1cc(F)ccc1N1CCCC(C(F)(F)F)C1. The quantitative estimate of drug-likeness (QED) is 0.859. The number of rotatable bonds is 3. The van der Waals surface area contributed by atoms with Crippen LogP contribution in [0.15, 0.2) is 18.2 Å². The normalized spacial score (nSPS) is 20.2. The molecule has 0 amide bonds. The van der Waals surface area contributed by atoms with Crippen LogP contribution in [-0.2, 0) is 6.54 Å². The predicted octanol–water partition coefficient (Wildman–Crippen LogP) is 3.32. The summed E-state index contributed by atoms with van der Waals surface area (Å²) in [5.74, 6) is -1.67. The Kier molecular flexibility index (Phi) is 4.52. The standard InChI is InChI=1S/C14H18F4N2/c1-19-8-10-7-12(15)4-5-13(10)20-6-2-3-11(9-20)14(16,17)18/h4-5,7,11,19H,2-3,6,8-9H2,1H3. The van der Waals surface area contributed by atoms with Gasteiger partial charge < -0.3 is 10.2 Å². The molecule has 1 heterocycles. The van der Waals surface area contributed by atoms with Gasteiger partial charge in [0.25, 0.3) is 0 Å². The number of anilines is 1. The van der Waals surface area contributed by atoms with E-state index < -0.39 is 12.1 Å². The number of hydrogen-bond acceptors (Lipinski definition) is 2. The van der Waals surface area contributed by atoms with E-state index in [2.05, 4.69) is 5.32 Å². The van der Waals surface area contributed by atoms with Gasteiger partial charge in [0.15, 0.2) is 0 Å². The summed E-state index contributed by atoms with van der Waals surface area (Å²) in [6, 6.07) is 4.25. The first kappa shape index (κ1) is 15.1. The summed E-state index contributed by atoms with van der Waals surface area (Å²) in [5.41, 5.74) is 1.38. The largest absolute Gasteiger partial charge is 0.393 e. The van der Waals surface area contributed by atoms with E-state index in [1.165, 1.54) is 12.1 Å². The molecule has 1 N–H and O–H groups in total. The van der Waals surface area contributed by atoms with Crippen LogP contribution in [0.2, 0.25) is 0 Å². The number of halogens is 4. The Labute approximate surface area is 115 Å². The van der Waals surface area contributed by atoms with Crippen molar-refractivity contribution in [2.24, 2.45) is 5.92 Å². The summed E-state index contributed by atoms with van der Waals surface area (Å²) in [4.78, 5) is 1.72. The van der Waals surface area contributed by atoms with Crippen LogP contribution in [0, 0.1) is 11.7 Å². The zero-order valence-corrected chi connectivity index (χ0v) is 11.3. The maximum absolute atomic E-state index is 13.3. The van der Waals surface area contributed by atoms with E-state index in [0.29, 0.717) is 30.8 Å². The van der Waals surface area contributed by atoms with Gasteiger partial charge in [-0.3, -0.25) is 0 Å². The van der Waals surface area contributed by atoms with Crippen molar-refractivity contribution >= 4 is 5.69 Å². The van der Waals surface area contributed by atoms with Crippen LogP contribution in [0.25, 0.3) is 0 Å². The van der Waals surface area contributed by atoms with Crippen molar-refractivity contribution in [3.05, 3.63) is 29.6 Å². The summed E-state index contributed by atoms with van der Waals surface area (Å²) in [6.45, 7) is 0.959. The van der Waals surface area contributed by atoms with Crippen molar-refractivity contribution in [2.75, 3.05) is 25.0 Å². The van der Waals surface area contributed by atoms with Crippen LogP contribution >= 0.6 is 0 Å². The first-order chi connectivity index (χ1) is 9.41. The zero-order chi connectivity index (χ0) is 14.8. The molecule has 1 aliphatic heterocycles. The summed E-state index contributed by atoms with van der Waals surface area (Å²) < 4.78 is 51.8. The second-order valence-electron chi connectivity index (χ2n) is 5.13. The molecule has 0 spiro atoms. The third kappa shape index (κ3) is 3.42. The maximum Gasteiger partial charge on any atom is 0.393 e. The number of benzene rings is 1. The lowest BCUT2D eigenvalue weighted by Gasteiger charge is -2.36. The van der Waals surface area contributed by atoms with E-state index in [4.69, 9.17) is 0 Å². The summed E-state index contributed by atoms with van der Waals surface area (Å²) in [7, 11) is 1.73. The van der Waals surface area contributed by atoms with Crippen molar-refractivity contribution in [2.45, 2.75) is 25.6 Å². The van der Waals surface area contributed by atoms with Gasteiger partial charge in [-0.2, -0.15) is 13.2 Å². The molecule has 1 aromatic carbocycles. The second kappa shape index (κ2) is 5.99. The Balaban J connectivity index is 2.22. The minimum atomic E-state index is -4.16. The van der Waals surface area contributed by atoms with Crippen LogP contribution in [0.3, 0.4) is 0 Å². The second-order valence-corrected chi connectivity index (χ2v) is 5.13. The molecule has 112 valence electrons. The highest BCUT2D eigenvalue weighted by molar-refractivity contribution is 5.54. The highest BCUT2D eigenvalue weighted by Crippen LogP contribution is 2.35. The van der Waals surface area contributed by atoms with Crippen LogP contribution in [-0.4, -0.2) is 26.3 Å². The summed E-state index contributed by atoms with van der Waals surface area (Å²) in [6.07, 6.45) is -3.50. The first-order valence-corrected chi connectivity index (χ1v) is 6.66. The van der Waals surface area contributed by atoms with Crippen molar-refractivity contribution in [3.63, 3.8) is 0 Å². The summed E-state index contributed by atoms with van der Waals surface area (Å²) in [5, 5.41) is 2.92. The van der Waals surface area contributed by atoms with Crippen LogP contribution in [0.4, 0.5) is 23.2 Å². The van der Waals surface area contributed by atoms with E-state index >= 15 is 0 Å². The zero-order valence-electron chi connectivity index (χ0n) is 11.3. The Bertz CT molecular complexity index is 459. The minimum Gasteiger partial charge on any atom is -0.371 e. The molecule has 1 unspecified atom stereocenters. The minimum absolute atomic E-state index is 0.0498. The van der Waals surface area contributed by atoms with Crippen LogP contribution in [0.1, 0.15) is 18.4 Å². The first-order valence-electron chi connectivity index (χ1n) is 6.66. The van der Waals surface area contributed by atoms with Crippen LogP contribution in [0.5, 0.6) is 0 Å². The van der Waals surface area contributed by atoms with E-state index in [-0.39, 0.29) is 18.8 Å². The van der Waals surface area contributed by atoms with Crippen molar-refractivity contribution in [1.82, 2.24) is 5.32 Å². The topological polar surface area (TPSA) is 15.3 Å². The molecule has 2 rings (SSSR count). The molecule has 20 heavy (non-hydrogen) atoms. The van der Waals surface area contributed by atoms with E-state index in [9.17, 15) is 17.6 Å². The van der Waals surface area contributed by atoms with E-state index in [1.54, 1.807) is 18.0 Å². The Morgan fingerprint density at radius 1 is 1.35 bits per heavy atom. The highest BCUT2D eigenvalue weighted by atomic mass is 19.4. The Morgan fingerprint density at radius 2 is 2.10 bits per heavy atom. The Hall–Kier alpha value is -1.30. The molecule has 0 radical (unpaired) electrons. The number of piperidine rings is 1. The van der Waals surface area contributed by atoms with Crippen molar-refractivity contribution in [1.29, 1.82) is 0 Å². The lowest BCUT2D eigenvalue weighted by molar-refractivity contribution is -0.176. The molecule has 1 aliphatic rings. The van der Waals surface area contributed by atoms with Crippen LogP contribution < -0.4 is 10.2 Å². The van der Waals surface area contributed by atoms with Gasteiger partial charge in [0, 0.05) is 25.3 Å². The molecular formula is C14H18F4N2. The molecule has 0 aromatic heterocycles. The van der Waals surface area contributed by atoms with E-state index in [1.807, 2.05) is 0 Å². The molecule has 1 saturated heterocycles. The highest BCUT2D eigenvalue weighted by Gasteiger charge is 2.42. The predicted molar refractivity (Wildman–Crippen MR) is 70.2 cm³/mol. The van der Waals surface area contributed by atoms with Gasteiger partial charge in [0.2, 0.25) is 0 Å². The fourth-order valence-electron chi connectivity index (χ4n) is 2.66.